The Labute approximate surface area is 221 Å². The van der Waals surface area contributed by atoms with Gasteiger partial charge in [-0.25, -0.2) is 0 Å². The van der Waals surface area contributed by atoms with Crippen LogP contribution >= 0.6 is 0 Å². The third-order valence-corrected chi connectivity index (χ3v) is 6.68. The normalized spacial score (nSPS) is 24.9. The molecular formula is C30H41NO6. The summed E-state index contributed by atoms with van der Waals surface area (Å²) in [5.74, 6) is 0.968. The first-order valence-corrected chi connectivity index (χ1v) is 13.2. The number of rotatable bonds is 11. The van der Waals surface area contributed by atoms with Gasteiger partial charge in [-0.2, -0.15) is 0 Å². The zero-order valence-corrected chi connectivity index (χ0v) is 23.1. The summed E-state index contributed by atoms with van der Waals surface area (Å²) in [6.45, 7) is 13.9. The van der Waals surface area contributed by atoms with Gasteiger partial charge in [-0.15, -0.1) is 0 Å². The Kier molecular flexibility index (Phi) is 9.03. The smallest absolute Gasteiger partial charge is 0.186 e. The molecule has 2 heterocycles. The van der Waals surface area contributed by atoms with Crippen molar-refractivity contribution >= 4 is 11.9 Å². The van der Waals surface area contributed by atoms with Crippen LogP contribution in [0.2, 0.25) is 0 Å². The maximum absolute atomic E-state index is 5.99. The van der Waals surface area contributed by atoms with E-state index in [2.05, 4.69) is 45.9 Å². The molecule has 1 unspecified atom stereocenters. The van der Waals surface area contributed by atoms with Crippen molar-refractivity contribution in [1.82, 2.24) is 0 Å². The molecule has 4 rings (SSSR count). The zero-order valence-electron chi connectivity index (χ0n) is 23.1. The van der Waals surface area contributed by atoms with Gasteiger partial charge in [-0.3, -0.25) is 4.99 Å². The maximum atomic E-state index is 5.99. The summed E-state index contributed by atoms with van der Waals surface area (Å²) in [5, 5.41) is 0. The summed E-state index contributed by atoms with van der Waals surface area (Å²) in [6.07, 6.45) is 0.779. The van der Waals surface area contributed by atoms with Gasteiger partial charge in [0.1, 0.15) is 30.7 Å². The molecular weight excluding hydrogens is 470 g/mol. The first kappa shape index (κ1) is 27.7. The van der Waals surface area contributed by atoms with E-state index < -0.39 is 12.1 Å². The van der Waals surface area contributed by atoms with E-state index in [4.69, 9.17) is 33.4 Å². The molecule has 0 aliphatic carbocycles. The first-order chi connectivity index (χ1) is 17.7. The molecule has 0 saturated carbocycles. The second-order valence-electron chi connectivity index (χ2n) is 10.7. The van der Waals surface area contributed by atoms with Crippen LogP contribution in [0, 0.1) is 0 Å². The zero-order chi connectivity index (χ0) is 26.6. The van der Waals surface area contributed by atoms with Crippen molar-refractivity contribution in [1.29, 1.82) is 0 Å². The summed E-state index contributed by atoms with van der Waals surface area (Å²) in [7, 11) is 1.61. The van der Waals surface area contributed by atoms with Gasteiger partial charge in [0.25, 0.3) is 0 Å². The molecule has 0 N–H and O–H groups in total. The summed E-state index contributed by atoms with van der Waals surface area (Å²) in [5.41, 5.74) is 4.65. The van der Waals surface area contributed by atoms with Crippen molar-refractivity contribution < 1.29 is 28.4 Å². The first-order valence-electron chi connectivity index (χ1n) is 13.2. The second-order valence-corrected chi connectivity index (χ2v) is 10.7. The number of hydrogen-bond donors (Lipinski definition) is 0. The van der Waals surface area contributed by atoms with Crippen molar-refractivity contribution in [3.8, 4) is 5.75 Å². The average molecular weight is 512 g/mol. The van der Waals surface area contributed by atoms with E-state index >= 15 is 0 Å². The van der Waals surface area contributed by atoms with Gasteiger partial charge in [0.2, 0.25) is 0 Å². The highest BCUT2D eigenvalue weighted by Gasteiger charge is 2.55. The summed E-state index contributed by atoms with van der Waals surface area (Å²) in [6, 6.07) is 14.4. The third-order valence-electron chi connectivity index (χ3n) is 6.68. The predicted molar refractivity (Wildman–Crippen MR) is 144 cm³/mol. The average Bonchev–Trinajstić information content (AvgIpc) is 3.35. The van der Waals surface area contributed by atoms with Gasteiger partial charge in [-0.1, -0.05) is 45.9 Å². The van der Waals surface area contributed by atoms with Crippen molar-refractivity contribution in [2.24, 2.45) is 4.99 Å². The fraction of sp³-hybridized carbons (Fsp3) is 0.567. The fourth-order valence-electron chi connectivity index (χ4n) is 4.83. The molecule has 0 bridgehead atoms. The largest absolute Gasteiger partial charge is 0.491 e. The van der Waals surface area contributed by atoms with E-state index in [0.717, 1.165) is 17.0 Å². The lowest BCUT2D eigenvalue weighted by molar-refractivity contribution is -0.231. The molecule has 7 nitrogen and oxygen atoms in total. The molecule has 37 heavy (non-hydrogen) atoms. The molecule has 2 saturated heterocycles. The molecule has 0 radical (unpaired) electrons. The topological polar surface area (TPSA) is 67.7 Å². The number of aliphatic imine (C=N–C) groups is 1. The van der Waals surface area contributed by atoms with Crippen LogP contribution in [0.15, 0.2) is 47.5 Å². The van der Waals surface area contributed by atoms with Gasteiger partial charge in [-0.05, 0) is 66.6 Å². The van der Waals surface area contributed by atoms with Crippen molar-refractivity contribution in [2.45, 2.75) is 83.8 Å². The molecule has 7 heteroatoms. The molecule has 0 aromatic heterocycles. The minimum atomic E-state index is -0.650. The van der Waals surface area contributed by atoms with Crippen LogP contribution in [0.5, 0.6) is 5.75 Å². The van der Waals surface area contributed by atoms with Gasteiger partial charge in [0.05, 0.1) is 18.9 Å². The SMILES string of the molecule is CO[C@H]1O[C@@H](COCCOc2ccc(C=Nc3c(C(C)C)cccc3C(C)C)cc2)C2OC(C)(C)O[C@H]21. The van der Waals surface area contributed by atoms with Gasteiger partial charge < -0.3 is 28.4 Å². The number of methoxy groups -OCH3 is 1. The standard InChI is InChI=1S/C30H41NO6/c1-19(2)23-9-8-10-24(20(3)4)26(23)31-17-21-11-13-22(14-12-21)34-16-15-33-18-25-27-28(29(32-7)35-25)37-30(5,6)36-27/h8-14,17,19-20,25,27-29H,15-16,18H2,1-7H3/t25-,27?,28+,29-/m0/s1. The minimum absolute atomic E-state index is 0.209. The third kappa shape index (κ3) is 6.78. The quantitative estimate of drug-likeness (QED) is 0.273. The van der Waals surface area contributed by atoms with Crippen molar-refractivity contribution in [2.75, 3.05) is 26.9 Å². The van der Waals surface area contributed by atoms with Crippen LogP contribution in [0.1, 0.15) is 70.1 Å². The van der Waals surface area contributed by atoms with E-state index in [-0.39, 0.29) is 18.3 Å². The number of ether oxygens (including phenoxy) is 6. The molecule has 2 aliphatic rings. The monoisotopic (exact) mass is 511 g/mol. The van der Waals surface area contributed by atoms with E-state index in [1.165, 1.54) is 11.1 Å². The fourth-order valence-corrected chi connectivity index (χ4v) is 4.83. The number of hydrogen-bond acceptors (Lipinski definition) is 7. The predicted octanol–water partition coefficient (Wildman–Crippen LogP) is 5.97. The van der Waals surface area contributed by atoms with E-state index in [1.807, 2.05) is 44.3 Å². The minimum Gasteiger partial charge on any atom is -0.491 e. The lowest BCUT2D eigenvalue weighted by atomic mass is 9.93. The second kappa shape index (κ2) is 12.0. The summed E-state index contributed by atoms with van der Waals surface area (Å²) in [4.78, 5) is 4.89. The Hall–Kier alpha value is -2.29. The lowest BCUT2D eigenvalue weighted by Gasteiger charge is -2.23. The van der Waals surface area contributed by atoms with Crippen molar-refractivity contribution in [3.05, 3.63) is 59.2 Å². The highest BCUT2D eigenvalue weighted by molar-refractivity contribution is 5.83. The number of nitrogens with zero attached hydrogens (tertiary/aromatic N) is 1. The summed E-state index contributed by atoms with van der Waals surface area (Å²) >= 11 is 0. The molecule has 2 aromatic carbocycles. The Balaban J connectivity index is 1.26. The van der Waals surface area contributed by atoms with Crippen LogP contribution in [-0.4, -0.2) is 63.5 Å². The van der Waals surface area contributed by atoms with Gasteiger partial charge >= 0.3 is 0 Å². The van der Waals surface area contributed by atoms with Crippen LogP contribution in [0.4, 0.5) is 5.69 Å². The molecule has 2 aromatic rings. The molecule has 202 valence electrons. The Morgan fingerprint density at radius 3 is 2.19 bits per heavy atom. The summed E-state index contributed by atoms with van der Waals surface area (Å²) < 4.78 is 34.9. The molecule has 4 atom stereocenters. The number of fused-ring (bicyclic) bond motifs is 1. The van der Waals surface area contributed by atoms with Gasteiger partial charge in [0.15, 0.2) is 12.1 Å². The van der Waals surface area contributed by atoms with Crippen LogP contribution in [0.25, 0.3) is 0 Å². The van der Waals surface area contributed by atoms with E-state index in [9.17, 15) is 0 Å². The Morgan fingerprint density at radius 1 is 0.919 bits per heavy atom. The Bertz CT molecular complexity index is 1020. The van der Waals surface area contributed by atoms with Gasteiger partial charge in [0, 0.05) is 13.3 Å². The van der Waals surface area contributed by atoms with E-state index in [1.54, 1.807) is 7.11 Å². The molecule has 0 amide bonds. The van der Waals surface area contributed by atoms with Crippen molar-refractivity contribution in [3.63, 3.8) is 0 Å². The highest BCUT2D eigenvalue weighted by atomic mass is 16.8. The van der Waals surface area contributed by atoms with E-state index in [0.29, 0.717) is 31.7 Å². The van der Waals surface area contributed by atoms with Crippen LogP contribution in [-0.2, 0) is 23.7 Å². The van der Waals surface area contributed by atoms with Crippen LogP contribution in [0.3, 0.4) is 0 Å². The maximum Gasteiger partial charge on any atom is 0.186 e. The molecule has 2 aliphatic heterocycles. The lowest BCUT2D eigenvalue weighted by Crippen LogP contribution is -2.33. The van der Waals surface area contributed by atoms with Crippen LogP contribution < -0.4 is 4.74 Å². The molecule has 2 fully saturated rings. The highest BCUT2D eigenvalue weighted by Crippen LogP contribution is 2.39. The number of benzene rings is 2. The molecule has 0 spiro atoms. The number of para-hydroxylation sites is 1. The Morgan fingerprint density at radius 2 is 1.57 bits per heavy atom.